The van der Waals surface area contributed by atoms with Gasteiger partial charge in [0.2, 0.25) is 5.71 Å². The maximum atomic E-state index is 10.5. The summed E-state index contributed by atoms with van der Waals surface area (Å²) in [7, 11) is 1.27. The van der Waals surface area contributed by atoms with Crippen LogP contribution in [0.4, 0.5) is 0 Å². The summed E-state index contributed by atoms with van der Waals surface area (Å²) in [6.45, 7) is 0. The number of carboxylic acid groups (broad SMARTS) is 1. The lowest BCUT2D eigenvalue weighted by Crippen LogP contribution is -2.14. The fourth-order valence-corrected chi connectivity index (χ4v) is 1.06. The van der Waals surface area contributed by atoms with Crippen LogP contribution in [0, 0.1) is 0 Å². The molecular weight excluding hydrogens is 182 g/mol. The predicted octanol–water partition coefficient (Wildman–Crippen LogP) is -0.0268. The molecule has 0 aromatic carbocycles. The number of aromatic nitrogens is 2. The highest BCUT2D eigenvalue weighted by molar-refractivity contribution is 7.12. The Morgan fingerprint density at radius 3 is 3.00 bits per heavy atom. The highest BCUT2D eigenvalue weighted by Crippen LogP contribution is 2.03. The Bertz CT molecular complexity index is 295. The van der Waals surface area contributed by atoms with Crippen molar-refractivity contribution in [1.29, 1.82) is 0 Å². The monoisotopic (exact) mass is 187 g/mol. The topological polar surface area (TPSA) is 84.7 Å². The number of hydrogen-bond donors (Lipinski definition) is 1. The molecule has 0 atom stereocenters. The van der Waals surface area contributed by atoms with E-state index in [9.17, 15) is 4.79 Å². The van der Waals surface area contributed by atoms with Crippen LogP contribution in [0.1, 0.15) is 5.01 Å². The molecule has 0 bridgehead atoms. The Labute approximate surface area is 71.5 Å². The second kappa shape index (κ2) is 3.77. The van der Waals surface area contributed by atoms with E-state index in [0.717, 1.165) is 11.3 Å². The van der Waals surface area contributed by atoms with E-state index in [1.54, 1.807) is 0 Å². The van der Waals surface area contributed by atoms with Gasteiger partial charge in [-0.05, 0) is 0 Å². The zero-order valence-corrected chi connectivity index (χ0v) is 6.91. The van der Waals surface area contributed by atoms with Gasteiger partial charge in [0.25, 0.3) is 0 Å². The number of aliphatic carboxylic acids is 1. The van der Waals surface area contributed by atoms with Crippen LogP contribution in [0.15, 0.2) is 10.7 Å². The smallest absolute Gasteiger partial charge is 0.361 e. The number of oxime groups is 1. The number of hydrogen-bond acceptors (Lipinski definition) is 6. The quantitative estimate of drug-likeness (QED) is 0.530. The van der Waals surface area contributed by atoms with Crippen molar-refractivity contribution in [3.8, 4) is 0 Å². The molecule has 0 fully saturated rings. The van der Waals surface area contributed by atoms with E-state index in [0.29, 0.717) is 0 Å². The molecule has 64 valence electrons. The molecular formula is C5H5N3O3S. The minimum atomic E-state index is -1.19. The molecule has 0 aliphatic heterocycles. The highest BCUT2D eigenvalue weighted by Gasteiger charge is 2.16. The molecule has 0 amide bonds. The minimum Gasteiger partial charge on any atom is -0.476 e. The van der Waals surface area contributed by atoms with Gasteiger partial charge in [0.1, 0.15) is 12.6 Å². The van der Waals surface area contributed by atoms with Crippen molar-refractivity contribution in [1.82, 2.24) is 10.2 Å². The zero-order chi connectivity index (χ0) is 8.97. The average Bonchev–Trinajstić information content (AvgIpc) is 2.51. The summed E-state index contributed by atoms with van der Waals surface area (Å²) in [6.07, 6.45) is 0. The normalized spacial score (nSPS) is 11.2. The first kappa shape index (κ1) is 8.60. The summed E-state index contributed by atoms with van der Waals surface area (Å²) in [5.41, 5.74) is 1.18. The van der Waals surface area contributed by atoms with Crippen LogP contribution in [0.3, 0.4) is 0 Å². The molecule has 0 spiro atoms. The molecule has 1 aromatic rings. The molecule has 1 heterocycles. The zero-order valence-electron chi connectivity index (χ0n) is 6.09. The fraction of sp³-hybridized carbons (Fsp3) is 0.200. The lowest BCUT2D eigenvalue weighted by molar-refractivity contribution is -0.129. The van der Waals surface area contributed by atoms with Crippen LogP contribution >= 0.6 is 11.3 Å². The number of carbonyl (C=O) groups is 1. The van der Waals surface area contributed by atoms with E-state index in [-0.39, 0.29) is 10.7 Å². The van der Waals surface area contributed by atoms with Crippen molar-refractivity contribution in [2.24, 2.45) is 5.16 Å². The lowest BCUT2D eigenvalue weighted by atomic mass is 10.4. The number of carboxylic acids is 1. The van der Waals surface area contributed by atoms with Crippen LogP contribution < -0.4 is 0 Å². The van der Waals surface area contributed by atoms with Crippen molar-refractivity contribution in [2.45, 2.75) is 0 Å². The van der Waals surface area contributed by atoms with Gasteiger partial charge in [-0.1, -0.05) is 16.5 Å². The van der Waals surface area contributed by atoms with Gasteiger partial charge in [0, 0.05) is 0 Å². The van der Waals surface area contributed by atoms with E-state index in [4.69, 9.17) is 5.11 Å². The number of nitrogens with zero attached hydrogens (tertiary/aromatic N) is 3. The minimum absolute atomic E-state index is 0.226. The largest absolute Gasteiger partial charge is 0.476 e. The summed E-state index contributed by atoms with van der Waals surface area (Å²) in [5, 5.41) is 19.1. The van der Waals surface area contributed by atoms with Crippen LogP contribution in [0.2, 0.25) is 0 Å². The van der Waals surface area contributed by atoms with E-state index in [1.807, 2.05) is 0 Å². The Kier molecular flexibility index (Phi) is 2.70. The molecule has 1 N–H and O–H groups in total. The molecule has 0 unspecified atom stereocenters. The van der Waals surface area contributed by atoms with Gasteiger partial charge in [-0.25, -0.2) is 4.79 Å². The molecule has 0 radical (unpaired) electrons. The van der Waals surface area contributed by atoms with Gasteiger partial charge in [0.15, 0.2) is 5.01 Å². The predicted molar refractivity (Wildman–Crippen MR) is 41.1 cm³/mol. The first-order valence-electron chi connectivity index (χ1n) is 2.86. The van der Waals surface area contributed by atoms with Crippen LogP contribution in [0.25, 0.3) is 0 Å². The maximum Gasteiger partial charge on any atom is 0.361 e. The summed E-state index contributed by atoms with van der Waals surface area (Å²) in [5.74, 6) is -1.19. The molecule has 1 aromatic heterocycles. The summed E-state index contributed by atoms with van der Waals surface area (Å²) in [4.78, 5) is 14.9. The first-order chi connectivity index (χ1) is 5.75. The van der Waals surface area contributed by atoms with E-state index >= 15 is 0 Å². The first-order valence-corrected chi connectivity index (χ1v) is 3.74. The summed E-state index contributed by atoms with van der Waals surface area (Å²) < 4.78 is 0. The Morgan fingerprint density at radius 2 is 2.58 bits per heavy atom. The second-order valence-electron chi connectivity index (χ2n) is 1.67. The van der Waals surface area contributed by atoms with E-state index in [2.05, 4.69) is 20.2 Å². The third kappa shape index (κ3) is 1.76. The van der Waals surface area contributed by atoms with E-state index in [1.165, 1.54) is 12.6 Å². The van der Waals surface area contributed by atoms with Crippen molar-refractivity contribution >= 4 is 23.0 Å². The van der Waals surface area contributed by atoms with Gasteiger partial charge >= 0.3 is 5.97 Å². The van der Waals surface area contributed by atoms with Crippen molar-refractivity contribution in [2.75, 3.05) is 7.11 Å². The Morgan fingerprint density at radius 1 is 1.83 bits per heavy atom. The van der Waals surface area contributed by atoms with Crippen LogP contribution in [-0.4, -0.2) is 34.1 Å². The molecule has 7 heteroatoms. The standard InChI is InChI=1S/C5H5N3O3S/c1-11-8-3(5(9)10)4-7-6-2-12-4/h2H,1H3,(H,9,10)/b8-3+. The molecule has 1 rings (SSSR count). The van der Waals surface area contributed by atoms with Gasteiger partial charge in [-0.3, -0.25) is 0 Å². The van der Waals surface area contributed by atoms with Crippen molar-refractivity contribution in [3.63, 3.8) is 0 Å². The maximum absolute atomic E-state index is 10.5. The number of rotatable bonds is 3. The van der Waals surface area contributed by atoms with Gasteiger partial charge in [-0.15, -0.1) is 10.2 Å². The average molecular weight is 187 g/mol. The summed E-state index contributed by atoms with van der Waals surface area (Å²) >= 11 is 1.09. The molecule has 0 aliphatic rings. The summed E-state index contributed by atoms with van der Waals surface area (Å²) in [6, 6.07) is 0. The van der Waals surface area contributed by atoms with Gasteiger partial charge in [-0.2, -0.15) is 0 Å². The molecule has 6 nitrogen and oxygen atoms in total. The van der Waals surface area contributed by atoms with Crippen LogP contribution in [0.5, 0.6) is 0 Å². The van der Waals surface area contributed by atoms with Crippen molar-refractivity contribution < 1.29 is 14.7 Å². The lowest BCUT2D eigenvalue weighted by Gasteiger charge is -1.92. The van der Waals surface area contributed by atoms with Gasteiger partial charge in [0.05, 0.1) is 0 Å². The van der Waals surface area contributed by atoms with E-state index < -0.39 is 5.97 Å². The Hall–Kier alpha value is -1.50. The molecule has 0 saturated carbocycles. The molecule has 0 aliphatic carbocycles. The highest BCUT2D eigenvalue weighted by atomic mass is 32.1. The fourth-order valence-electron chi connectivity index (χ4n) is 0.537. The van der Waals surface area contributed by atoms with Gasteiger partial charge < -0.3 is 9.94 Å². The third-order valence-corrected chi connectivity index (χ3v) is 1.65. The Balaban J connectivity index is 2.96. The van der Waals surface area contributed by atoms with Crippen molar-refractivity contribution in [3.05, 3.63) is 10.5 Å². The second-order valence-corrected chi connectivity index (χ2v) is 2.50. The third-order valence-electron chi connectivity index (χ3n) is 0.948. The SMILES string of the molecule is CO/N=C(/C(=O)O)c1nncs1. The molecule has 12 heavy (non-hydrogen) atoms. The molecule has 0 saturated heterocycles. The van der Waals surface area contributed by atoms with Crippen LogP contribution in [-0.2, 0) is 9.63 Å².